The Kier molecular flexibility index (Phi) is 16.4. The van der Waals surface area contributed by atoms with Gasteiger partial charge in [-0.3, -0.25) is 43.9 Å². The number of imide groups is 2. The topological polar surface area (TPSA) is 200 Å². The van der Waals surface area contributed by atoms with Crippen LogP contribution in [-0.2, 0) is 39.9 Å². The Morgan fingerprint density at radius 1 is 0.718 bits per heavy atom. The molecule has 4 aromatic carbocycles. The minimum absolute atomic E-state index is 0.0622. The van der Waals surface area contributed by atoms with Crippen LogP contribution in [0.1, 0.15) is 61.1 Å². The number of anilines is 2. The van der Waals surface area contributed by atoms with Gasteiger partial charge in [-0.2, -0.15) is 0 Å². The Bertz CT molecular complexity index is 2600. The number of piperidine rings is 1. The van der Waals surface area contributed by atoms with Crippen molar-refractivity contribution in [1.82, 2.24) is 30.7 Å². The van der Waals surface area contributed by atoms with E-state index in [0.717, 1.165) is 65.6 Å². The lowest BCUT2D eigenvalue weighted by Gasteiger charge is -2.36. The van der Waals surface area contributed by atoms with Gasteiger partial charge in [0.05, 0.1) is 64.0 Å². The van der Waals surface area contributed by atoms with Crippen molar-refractivity contribution in [3.8, 4) is 11.1 Å². The zero-order valence-corrected chi connectivity index (χ0v) is 40.2. The Labute approximate surface area is 416 Å². The summed E-state index contributed by atoms with van der Waals surface area (Å²) in [5.41, 5.74) is 6.06. The van der Waals surface area contributed by atoms with Gasteiger partial charge in [0.25, 0.3) is 17.7 Å². The average molecular weight is 987 g/mol. The highest BCUT2D eigenvalue weighted by Crippen LogP contribution is 2.36. The Morgan fingerprint density at radius 2 is 1.42 bits per heavy atom. The lowest BCUT2D eigenvalue weighted by atomic mass is 10.00. The van der Waals surface area contributed by atoms with Crippen molar-refractivity contribution in [3.63, 3.8) is 0 Å². The van der Waals surface area contributed by atoms with Crippen LogP contribution in [0.4, 0.5) is 11.4 Å². The number of amides is 6. The maximum absolute atomic E-state index is 14.0. The van der Waals surface area contributed by atoms with Crippen molar-refractivity contribution in [1.29, 1.82) is 0 Å². The third-order valence-corrected chi connectivity index (χ3v) is 13.9. The second-order valence-electron chi connectivity index (χ2n) is 17.5. The second-order valence-corrected chi connectivity index (χ2v) is 18.6. The molecule has 19 heteroatoms. The second kappa shape index (κ2) is 23.5. The number of thioether (sulfide) groups is 1. The fraction of sp³-hybridized carbons (Fsp3) is 0.385. The molecule has 4 N–H and O–H groups in total. The minimum Gasteiger partial charge on any atom is -0.382 e. The van der Waals surface area contributed by atoms with Gasteiger partial charge in [0.15, 0.2) is 5.50 Å². The lowest BCUT2D eigenvalue weighted by molar-refractivity contribution is -0.136. The summed E-state index contributed by atoms with van der Waals surface area (Å²) in [7, 11) is 0. The summed E-state index contributed by atoms with van der Waals surface area (Å²) in [5, 5.41) is 13.4. The van der Waals surface area contributed by atoms with E-state index < -0.39 is 35.7 Å². The Balaban J connectivity index is 0.610. The Morgan fingerprint density at radius 3 is 2.13 bits per heavy atom. The van der Waals surface area contributed by atoms with Gasteiger partial charge in [0, 0.05) is 75.4 Å². The predicted octanol–water partition coefficient (Wildman–Crippen LogP) is 3.96. The van der Waals surface area contributed by atoms with E-state index >= 15 is 0 Å². The molecule has 0 aromatic heterocycles. The summed E-state index contributed by atoms with van der Waals surface area (Å²) in [6.07, 6.45) is 1.96. The highest BCUT2D eigenvalue weighted by Gasteiger charge is 2.46. The molecule has 5 aliphatic rings. The SMILES string of the molecule is O=C1CCC(N2C(=O)c3cccc(NCCOCCOCCOCCOCCN4CCN(c5ccc(-c6ccc7c(c6)C(=O)N(C(C(=O)NC6NC=CS6)c6ccccc6)C7)cc5)CC4)c3C2=O)C(=O)N1. The number of rotatable bonds is 23. The molecule has 18 nitrogen and oxygen atoms in total. The largest absolute Gasteiger partial charge is 0.382 e. The van der Waals surface area contributed by atoms with E-state index in [1.165, 1.54) is 11.8 Å². The van der Waals surface area contributed by atoms with Crippen molar-refractivity contribution in [2.24, 2.45) is 0 Å². The van der Waals surface area contributed by atoms with Crippen LogP contribution in [0.25, 0.3) is 11.1 Å². The molecule has 0 saturated carbocycles. The number of piperazine rings is 1. The fourth-order valence-electron chi connectivity index (χ4n) is 9.36. The van der Waals surface area contributed by atoms with Gasteiger partial charge >= 0.3 is 0 Å². The lowest BCUT2D eigenvalue weighted by Crippen LogP contribution is -2.54. The van der Waals surface area contributed by atoms with Crippen LogP contribution in [-0.4, -0.2) is 154 Å². The first-order valence-corrected chi connectivity index (χ1v) is 25.0. The number of carbonyl (C=O) groups excluding carboxylic acids is 6. The van der Waals surface area contributed by atoms with Gasteiger partial charge in [0.1, 0.15) is 12.1 Å². The van der Waals surface area contributed by atoms with Gasteiger partial charge in [-0.15, -0.1) is 0 Å². The molecule has 372 valence electrons. The average Bonchev–Trinajstić information content (AvgIpc) is 4.09. The van der Waals surface area contributed by atoms with E-state index in [4.69, 9.17) is 18.9 Å². The van der Waals surface area contributed by atoms with Gasteiger partial charge < -0.3 is 44.7 Å². The molecule has 2 saturated heterocycles. The molecule has 2 fully saturated rings. The number of ether oxygens (including phenoxy) is 4. The normalized spacial score (nSPS) is 19.2. The standard InChI is InChI=1S/C52H58N8O10S/c61-44-16-15-43(47(62)55-44)60-50(65)40-7-4-8-42(45(40)51(60)66)53-17-24-67-26-28-69-30-31-70-29-27-68-25-23-57-19-21-58(22-20-57)39-13-11-35(12-14-39)37-9-10-38-34-59(49(64)41(38)33-37)46(36-5-2-1-3-6-36)48(63)56-52-54-18-32-71-52/h1-14,18,32-33,43,46,52-54H,15-17,19-31,34H2,(H,56,63)(H,55,61,62). The number of fused-ring (bicyclic) bond motifs is 2. The van der Waals surface area contributed by atoms with Gasteiger partial charge in [-0.1, -0.05) is 72.4 Å². The number of nitrogens with zero attached hydrogens (tertiary/aromatic N) is 4. The van der Waals surface area contributed by atoms with Crippen molar-refractivity contribution in [2.75, 3.05) is 102 Å². The monoisotopic (exact) mass is 986 g/mol. The van der Waals surface area contributed by atoms with Crippen LogP contribution in [0, 0.1) is 0 Å². The van der Waals surface area contributed by atoms with E-state index in [0.29, 0.717) is 77.2 Å². The van der Waals surface area contributed by atoms with E-state index in [9.17, 15) is 28.8 Å². The van der Waals surface area contributed by atoms with E-state index in [1.807, 2.05) is 47.9 Å². The number of hydrogen-bond donors (Lipinski definition) is 4. The first kappa shape index (κ1) is 49.4. The number of hydrogen-bond acceptors (Lipinski definition) is 15. The third kappa shape index (κ3) is 11.8. The molecule has 4 aromatic rings. The molecule has 71 heavy (non-hydrogen) atoms. The van der Waals surface area contributed by atoms with E-state index in [1.54, 1.807) is 29.3 Å². The van der Waals surface area contributed by atoms with Crippen molar-refractivity contribution in [2.45, 2.75) is 37.0 Å². The van der Waals surface area contributed by atoms with Crippen LogP contribution in [0.5, 0.6) is 0 Å². The highest BCUT2D eigenvalue weighted by atomic mass is 32.2. The summed E-state index contributed by atoms with van der Waals surface area (Å²) >= 11 is 1.47. The van der Waals surface area contributed by atoms with Crippen LogP contribution in [0.3, 0.4) is 0 Å². The summed E-state index contributed by atoms with van der Waals surface area (Å²) in [5.74, 6) is -2.56. The molecule has 3 unspecified atom stereocenters. The van der Waals surface area contributed by atoms with Crippen LogP contribution >= 0.6 is 11.8 Å². The molecule has 0 spiro atoms. The summed E-state index contributed by atoms with van der Waals surface area (Å²) in [6, 6.07) is 27.1. The molecule has 0 bridgehead atoms. The molecule has 6 amide bonds. The quantitative estimate of drug-likeness (QED) is 0.0615. The zero-order chi connectivity index (χ0) is 49.1. The number of carbonyl (C=O) groups is 6. The van der Waals surface area contributed by atoms with Crippen molar-refractivity contribution in [3.05, 3.63) is 130 Å². The Hall–Kier alpha value is -6.61. The molecular formula is C52H58N8O10S. The van der Waals surface area contributed by atoms with Crippen LogP contribution in [0.2, 0.25) is 0 Å². The maximum atomic E-state index is 14.0. The van der Waals surface area contributed by atoms with E-state index in [-0.39, 0.29) is 41.3 Å². The van der Waals surface area contributed by atoms with E-state index in [2.05, 4.69) is 61.4 Å². The molecule has 0 radical (unpaired) electrons. The molecule has 5 heterocycles. The first-order valence-electron chi connectivity index (χ1n) is 24.1. The summed E-state index contributed by atoms with van der Waals surface area (Å²) < 4.78 is 22.8. The highest BCUT2D eigenvalue weighted by molar-refractivity contribution is 8.02. The first-order chi connectivity index (χ1) is 34.7. The molecule has 5 aliphatic heterocycles. The van der Waals surface area contributed by atoms with Gasteiger partial charge in [-0.25, -0.2) is 0 Å². The molecule has 3 atom stereocenters. The summed E-state index contributed by atoms with van der Waals surface area (Å²) in [4.78, 5) is 85.3. The molecule has 0 aliphatic carbocycles. The zero-order valence-electron chi connectivity index (χ0n) is 39.3. The van der Waals surface area contributed by atoms with Crippen LogP contribution < -0.4 is 26.2 Å². The smallest absolute Gasteiger partial charge is 0.264 e. The van der Waals surface area contributed by atoms with Crippen molar-refractivity contribution < 1.29 is 47.7 Å². The van der Waals surface area contributed by atoms with Crippen LogP contribution in [0.15, 0.2) is 103 Å². The number of nitrogens with one attached hydrogen (secondary N) is 4. The predicted molar refractivity (Wildman–Crippen MR) is 266 cm³/mol. The minimum atomic E-state index is -1.02. The fourth-order valence-corrected chi connectivity index (χ4v) is 10.0. The molecular weight excluding hydrogens is 929 g/mol. The van der Waals surface area contributed by atoms with Gasteiger partial charge in [-0.05, 0) is 64.4 Å². The van der Waals surface area contributed by atoms with Crippen molar-refractivity contribution >= 4 is 58.6 Å². The maximum Gasteiger partial charge on any atom is 0.264 e. The number of benzene rings is 4. The van der Waals surface area contributed by atoms with Gasteiger partial charge in [0.2, 0.25) is 17.7 Å². The molecule has 9 rings (SSSR count). The third-order valence-electron chi connectivity index (χ3n) is 13.1. The summed E-state index contributed by atoms with van der Waals surface area (Å²) in [6.45, 7) is 8.83.